The molecular weight excluding hydrogens is 265 g/mol. The third kappa shape index (κ3) is 1.81. The molecule has 0 radical (unpaired) electrons. The normalized spacial score (nSPS) is 20.5. The number of rotatable bonds is 3. The fourth-order valence-electron chi connectivity index (χ4n) is 3.18. The number of carbonyl (C=O) groups excluding carboxylic acids is 1. The maximum absolute atomic E-state index is 13.2. The molecule has 0 saturated heterocycles. The number of halogens is 1. The van der Waals surface area contributed by atoms with Gasteiger partial charge in [0.15, 0.2) is 0 Å². The monoisotopic (exact) mass is 281 g/mol. The highest BCUT2D eigenvalue weighted by atomic mass is 19.1. The van der Waals surface area contributed by atoms with E-state index in [4.69, 9.17) is 0 Å². The van der Waals surface area contributed by atoms with Gasteiger partial charge in [0.25, 0.3) is 0 Å². The minimum atomic E-state index is -0.805. The second-order valence-electron chi connectivity index (χ2n) is 5.29. The summed E-state index contributed by atoms with van der Waals surface area (Å²) in [4.78, 5) is 14.6. The smallest absolute Gasteiger partial charge is 0.242 e. The molecule has 0 fully saturated rings. The van der Waals surface area contributed by atoms with Gasteiger partial charge in [0.05, 0.1) is 0 Å². The number of amides is 1. The third-order valence-corrected chi connectivity index (χ3v) is 4.18. The number of hydrogen-bond donors (Lipinski definition) is 0. The highest BCUT2D eigenvalue weighted by Crippen LogP contribution is 2.47. The Balaban J connectivity index is 2.29. The molecule has 1 heterocycles. The topological polar surface area (TPSA) is 20.3 Å². The van der Waals surface area contributed by atoms with Crippen LogP contribution in [0.4, 0.5) is 10.1 Å². The van der Waals surface area contributed by atoms with Crippen LogP contribution in [0.3, 0.4) is 0 Å². The van der Waals surface area contributed by atoms with Crippen LogP contribution in [0, 0.1) is 5.82 Å². The fourth-order valence-corrected chi connectivity index (χ4v) is 3.18. The fraction of sp³-hybridized carbons (Fsp3) is 0.167. The number of anilines is 1. The summed E-state index contributed by atoms with van der Waals surface area (Å²) < 4.78 is 13.2. The van der Waals surface area contributed by atoms with E-state index in [0.29, 0.717) is 6.42 Å². The molecule has 0 unspecified atom stereocenters. The quantitative estimate of drug-likeness (QED) is 0.786. The molecule has 0 aromatic heterocycles. The van der Waals surface area contributed by atoms with Crippen LogP contribution < -0.4 is 4.90 Å². The van der Waals surface area contributed by atoms with Gasteiger partial charge in [-0.05, 0) is 35.7 Å². The summed E-state index contributed by atoms with van der Waals surface area (Å²) in [6.07, 6.45) is 2.23. The van der Waals surface area contributed by atoms with Crippen LogP contribution in [-0.2, 0) is 10.2 Å². The summed E-state index contributed by atoms with van der Waals surface area (Å²) in [5.41, 5.74) is 1.84. The minimum Gasteiger partial charge on any atom is -0.314 e. The van der Waals surface area contributed by atoms with E-state index < -0.39 is 5.41 Å². The van der Waals surface area contributed by atoms with Crippen LogP contribution in [0.15, 0.2) is 61.2 Å². The zero-order valence-corrected chi connectivity index (χ0v) is 11.8. The third-order valence-electron chi connectivity index (χ3n) is 4.18. The molecule has 2 nitrogen and oxygen atoms in total. The number of allylic oxidation sites excluding steroid dienone is 1. The Morgan fingerprint density at radius 3 is 2.52 bits per heavy atom. The van der Waals surface area contributed by atoms with Gasteiger partial charge in [-0.3, -0.25) is 4.79 Å². The Bertz CT molecular complexity index is 707. The van der Waals surface area contributed by atoms with E-state index in [1.165, 1.54) is 12.1 Å². The van der Waals surface area contributed by atoms with Crippen LogP contribution in [0.1, 0.15) is 17.5 Å². The summed E-state index contributed by atoms with van der Waals surface area (Å²) in [7, 11) is 1.77. The lowest BCUT2D eigenvalue weighted by atomic mass is 9.73. The SMILES string of the molecule is C=CC[C@]1(c2ccc(F)cc2)C(=O)N(C)c2ccccc21. The largest absolute Gasteiger partial charge is 0.314 e. The van der Waals surface area contributed by atoms with Gasteiger partial charge in [0.2, 0.25) is 5.91 Å². The van der Waals surface area contributed by atoms with Crippen molar-refractivity contribution in [2.24, 2.45) is 0 Å². The molecule has 0 saturated carbocycles. The molecule has 3 heteroatoms. The van der Waals surface area contributed by atoms with Gasteiger partial charge in [0.1, 0.15) is 11.2 Å². The summed E-state index contributed by atoms with van der Waals surface area (Å²) >= 11 is 0. The summed E-state index contributed by atoms with van der Waals surface area (Å²) in [6.45, 7) is 3.80. The van der Waals surface area contributed by atoms with Gasteiger partial charge in [-0.1, -0.05) is 36.4 Å². The van der Waals surface area contributed by atoms with Crippen molar-refractivity contribution < 1.29 is 9.18 Å². The summed E-state index contributed by atoms with van der Waals surface area (Å²) in [6, 6.07) is 13.9. The zero-order valence-electron chi connectivity index (χ0n) is 11.8. The molecule has 1 atom stereocenters. The van der Waals surface area contributed by atoms with Crippen LogP contribution in [0.5, 0.6) is 0 Å². The van der Waals surface area contributed by atoms with E-state index in [2.05, 4.69) is 6.58 Å². The predicted molar refractivity (Wildman–Crippen MR) is 81.8 cm³/mol. The molecule has 3 rings (SSSR count). The molecule has 1 aliphatic rings. The highest BCUT2D eigenvalue weighted by Gasteiger charge is 2.49. The first kappa shape index (κ1) is 13.6. The summed E-state index contributed by atoms with van der Waals surface area (Å²) in [5.74, 6) is -0.310. The molecule has 0 spiro atoms. The second-order valence-corrected chi connectivity index (χ2v) is 5.29. The highest BCUT2D eigenvalue weighted by molar-refractivity contribution is 6.10. The predicted octanol–water partition coefficient (Wildman–Crippen LogP) is 3.66. The first-order valence-electron chi connectivity index (χ1n) is 6.86. The maximum atomic E-state index is 13.2. The van der Waals surface area contributed by atoms with Gasteiger partial charge < -0.3 is 4.90 Å². The standard InChI is InChI=1S/C18H16FNO/c1-3-12-18(13-8-10-14(19)11-9-13)15-6-4-5-7-16(15)20(2)17(18)21/h3-11H,1,12H2,2H3/t18-/m1/s1. The lowest BCUT2D eigenvalue weighted by Crippen LogP contribution is -2.39. The average Bonchev–Trinajstić information content (AvgIpc) is 2.72. The lowest BCUT2D eigenvalue weighted by Gasteiger charge is -2.27. The van der Waals surface area contributed by atoms with Crippen LogP contribution in [0.25, 0.3) is 0 Å². The van der Waals surface area contributed by atoms with Crippen molar-refractivity contribution in [1.29, 1.82) is 0 Å². The molecule has 0 N–H and O–H groups in total. The van der Waals surface area contributed by atoms with Crippen molar-refractivity contribution in [1.82, 2.24) is 0 Å². The molecule has 106 valence electrons. The first-order valence-corrected chi connectivity index (χ1v) is 6.86. The second kappa shape index (κ2) is 4.85. The van der Waals surface area contributed by atoms with E-state index in [9.17, 15) is 9.18 Å². The van der Waals surface area contributed by atoms with E-state index >= 15 is 0 Å². The van der Waals surface area contributed by atoms with Gasteiger partial charge >= 0.3 is 0 Å². The van der Waals surface area contributed by atoms with Crippen molar-refractivity contribution in [3.05, 3.63) is 78.1 Å². The molecule has 1 amide bonds. The number of nitrogens with zero attached hydrogens (tertiary/aromatic N) is 1. The van der Waals surface area contributed by atoms with Crippen molar-refractivity contribution >= 4 is 11.6 Å². The lowest BCUT2D eigenvalue weighted by molar-refractivity contribution is -0.121. The van der Waals surface area contributed by atoms with Gasteiger partial charge in [-0.2, -0.15) is 0 Å². The van der Waals surface area contributed by atoms with Gasteiger partial charge in [0, 0.05) is 12.7 Å². The van der Waals surface area contributed by atoms with Crippen LogP contribution in [0.2, 0.25) is 0 Å². The number of fused-ring (bicyclic) bond motifs is 1. The first-order chi connectivity index (χ1) is 10.1. The summed E-state index contributed by atoms with van der Waals surface area (Å²) in [5, 5.41) is 0. The number of carbonyl (C=O) groups is 1. The number of hydrogen-bond acceptors (Lipinski definition) is 1. The molecule has 2 aromatic rings. The Kier molecular flexibility index (Phi) is 3.13. The molecule has 1 aliphatic heterocycles. The van der Waals surface area contributed by atoms with Crippen molar-refractivity contribution in [2.75, 3.05) is 11.9 Å². The van der Waals surface area contributed by atoms with Crippen LogP contribution >= 0.6 is 0 Å². The van der Waals surface area contributed by atoms with Crippen molar-refractivity contribution in [3.63, 3.8) is 0 Å². The molecule has 0 bridgehead atoms. The van der Waals surface area contributed by atoms with E-state index in [1.54, 1.807) is 30.2 Å². The molecule has 2 aromatic carbocycles. The van der Waals surface area contributed by atoms with Crippen molar-refractivity contribution in [2.45, 2.75) is 11.8 Å². The van der Waals surface area contributed by atoms with Gasteiger partial charge in [-0.25, -0.2) is 4.39 Å². The number of para-hydroxylation sites is 1. The maximum Gasteiger partial charge on any atom is 0.242 e. The van der Waals surface area contributed by atoms with Crippen LogP contribution in [-0.4, -0.2) is 13.0 Å². The van der Waals surface area contributed by atoms with E-state index in [-0.39, 0.29) is 11.7 Å². The molecule has 0 aliphatic carbocycles. The number of benzene rings is 2. The zero-order chi connectivity index (χ0) is 15.0. The Morgan fingerprint density at radius 1 is 1.19 bits per heavy atom. The Morgan fingerprint density at radius 2 is 1.86 bits per heavy atom. The Labute approximate surface area is 123 Å². The van der Waals surface area contributed by atoms with E-state index in [0.717, 1.165) is 16.8 Å². The Hall–Kier alpha value is -2.42. The number of likely N-dealkylation sites (N-methyl/N-ethyl adjacent to an activating group) is 1. The average molecular weight is 281 g/mol. The minimum absolute atomic E-state index is 0.00444. The van der Waals surface area contributed by atoms with Gasteiger partial charge in [-0.15, -0.1) is 6.58 Å². The van der Waals surface area contributed by atoms with E-state index in [1.807, 2.05) is 24.3 Å². The van der Waals surface area contributed by atoms with Crippen molar-refractivity contribution in [3.8, 4) is 0 Å². The molecular formula is C18H16FNO. The molecule has 21 heavy (non-hydrogen) atoms.